The van der Waals surface area contributed by atoms with Crippen molar-refractivity contribution >= 4 is 25.2 Å². The lowest BCUT2D eigenvalue weighted by Crippen LogP contribution is -2.41. The van der Waals surface area contributed by atoms with Gasteiger partial charge in [-0.25, -0.2) is 4.79 Å². The van der Waals surface area contributed by atoms with E-state index in [2.05, 4.69) is 24.4 Å². The summed E-state index contributed by atoms with van der Waals surface area (Å²) in [6.45, 7) is 2.23. The van der Waals surface area contributed by atoms with Gasteiger partial charge in [-0.15, -0.1) is 0 Å². The highest BCUT2D eigenvalue weighted by Crippen LogP contribution is 2.26. The van der Waals surface area contributed by atoms with Crippen LogP contribution in [0.15, 0.2) is 60.7 Å². The number of nitrogens with one attached hydrogen (secondary N) is 1. The number of anilines is 1. The molecule has 0 saturated carbocycles. The van der Waals surface area contributed by atoms with Crippen molar-refractivity contribution in [3.05, 3.63) is 71.8 Å². The van der Waals surface area contributed by atoms with Crippen molar-refractivity contribution in [1.82, 2.24) is 5.32 Å². The van der Waals surface area contributed by atoms with Crippen molar-refractivity contribution in [3.8, 4) is 5.75 Å². The van der Waals surface area contributed by atoms with Gasteiger partial charge in [0.05, 0.1) is 5.56 Å². The fourth-order valence-electron chi connectivity index (χ4n) is 4.67. The molecule has 0 aliphatic carbocycles. The third kappa shape index (κ3) is 16.5. The van der Waals surface area contributed by atoms with E-state index in [0.717, 1.165) is 32.1 Å². The molecule has 0 radical (unpaired) electrons. The number of nitrogens with two attached hydrogens (primary N) is 1. The number of carbonyl (C=O) groups is 2. The standard InChI is InChI=1S/C33H49N2O6P/c1-2-3-4-5-6-7-8-9-10-11-12-13-14-15-16-32(36)35-30(26-42(38,39)40)25-27-17-23-31(24-18-27)41-33(37)28-19-21-29(34)22-20-28/h8-9,17-24,30H,2-7,10-16,25-26,34H2,1H3,(H,35,36)(H2,38,39,40)/p-2/b9-8-/t30-/m0/s1. The summed E-state index contributed by atoms with van der Waals surface area (Å²) in [6, 6.07) is 12.0. The smallest absolute Gasteiger partial charge is 0.343 e. The normalized spacial score (nSPS) is 12.4. The van der Waals surface area contributed by atoms with E-state index in [1.54, 1.807) is 48.5 Å². The van der Waals surface area contributed by atoms with Gasteiger partial charge in [0, 0.05) is 18.2 Å². The molecule has 0 aromatic heterocycles. The predicted molar refractivity (Wildman–Crippen MR) is 165 cm³/mol. The number of amides is 1. The van der Waals surface area contributed by atoms with Crippen LogP contribution in [0, 0.1) is 0 Å². The summed E-state index contributed by atoms with van der Waals surface area (Å²) >= 11 is 0. The molecule has 0 saturated heterocycles. The van der Waals surface area contributed by atoms with E-state index in [9.17, 15) is 23.9 Å². The van der Waals surface area contributed by atoms with Crippen LogP contribution < -0.4 is 25.6 Å². The van der Waals surface area contributed by atoms with Gasteiger partial charge in [0.15, 0.2) is 0 Å². The topological polar surface area (TPSA) is 145 Å². The number of unbranched alkanes of at least 4 members (excludes halogenated alkanes) is 10. The number of benzene rings is 2. The number of allylic oxidation sites excluding steroid dienone is 2. The summed E-state index contributed by atoms with van der Waals surface area (Å²) in [5, 5.41) is 2.73. The number of carbonyl (C=O) groups excluding carboxylic acids is 2. The zero-order chi connectivity index (χ0) is 30.6. The zero-order valence-corrected chi connectivity index (χ0v) is 25.8. The van der Waals surface area contributed by atoms with Crippen LogP contribution in [0.2, 0.25) is 0 Å². The van der Waals surface area contributed by atoms with Crippen LogP contribution in [-0.2, 0) is 15.8 Å². The lowest BCUT2D eigenvalue weighted by atomic mass is 10.1. The van der Waals surface area contributed by atoms with Gasteiger partial charge >= 0.3 is 5.97 Å². The molecule has 3 N–H and O–H groups in total. The van der Waals surface area contributed by atoms with E-state index in [-0.39, 0.29) is 18.7 Å². The van der Waals surface area contributed by atoms with Crippen molar-refractivity contribution < 1.29 is 28.7 Å². The Labute approximate surface area is 251 Å². The van der Waals surface area contributed by atoms with E-state index >= 15 is 0 Å². The Morgan fingerprint density at radius 3 is 2.02 bits per heavy atom. The fraction of sp³-hybridized carbons (Fsp3) is 0.515. The number of esters is 1. The first-order valence-electron chi connectivity index (χ1n) is 15.3. The van der Waals surface area contributed by atoms with Gasteiger partial charge in [-0.05, 0) is 86.6 Å². The molecule has 2 aromatic rings. The van der Waals surface area contributed by atoms with E-state index in [4.69, 9.17) is 10.5 Å². The highest BCUT2D eigenvalue weighted by Gasteiger charge is 2.15. The van der Waals surface area contributed by atoms with Gasteiger partial charge in [-0.2, -0.15) is 0 Å². The second kappa shape index (κ2) is 20.1. The summed E-state index contributed by atoms with van der Waals surface area (Å²) in [4.78, 5) is 47.8. The number of nitrogen functional groups attached to an aromatic ring is 1. The first kappa shape index (κ1) is 35.3. The Bertz CT molecular complexity index is 1130. The highest BCUT2D eigenvalue weighted by atomic mass is 31.2. The van der Waals surface area contributed by atoms with Crippen LogP contribution in [0.1, 0.15) is 106 Å². The Morgan fingerprint density at radius 2 is 1.43 bits per heavy atom. The maximum Gasteiger partial charge on any atom is 0.343 e. The van der Waals surface area contributed by atoms with Crippen molar-refractivity contribution in [1.29, 1.82) is 0 Å². The van der Waals surface area contributed by atoms with Crippen LogP contribution in [0.5, 0.6) is 5.75 Å². The molecule has 0 unspecified atom stereocenters. The summed E-state index contributed by atoms with van der Waals surface area (Å²) in [7, 11) is -4.84. The molecular formula is C33H47N2O6P-2. The summed E-state index contributed by atoms with van der Waals surface area (Å²) in [5.41, 5.74) is 7.23. The van der Waals surface area contributed by atoms with E-state index < -0.39 is 25.8 Å². The minimum atomic E-state index is -4.84. The fourth-order valence-corrected chi connectivity index (χ4v) is 5.43. The second-order valence-electron chi connectivity index (χ2n) is 10.9. The number of ether oxygens (including phenoxy) is 1. The molecule has 0 spiro atoms. The van der Waals surface area contributed by atoms with Gasteiger partial charge < -0.3 is 30.1 Å². The Morgan fingerprint density at radius 1 is 0.857 bits per heavy atom. The van der Waals surface area contributed by atoms with Gasteiger partial charge in [-0.3, -0.25) is 4.79 Å². The number of rotatable bonds is 21. The predicted octanol–water partition coefficient (Wildman–Crippen LogP) is 6.08. The Balaban J connectivity index is 1.69. The maximum absolute atomic E-state index is 12.5. The first-order chi connectivity index (χ1) is 20.2. The maximum atomic E-state index is 12.5. The van der Waals surface area contributed by atoms with E-state index in [1.807, 2.05) is 0 Å². The lowest BCUT2D eigenvalue weighted by molar-refractivity contribution is -0.313. The van der Waals surface area contributed by atoms with Crippen LogP contribution in [0.3, 0.4) is 0 Å². The second-order valence-corrected chi connectivity index (χ2v) is 12.5. The van der Waals surface area contributed by atoms with Crippen molar-refractivity contribution in [3.63, 3.8) is 0 Å². The van der Waals surface area contributed by atoms with Crippen LogP contribution in [0.25, 0.3) is 0 Å². The molecule has 2 rings (SSSR count). The molecule has 1 amide bonds. The summed E-state index contributed by atoms with van der Waals surface area (Å²) < 4.78 is 16.9. The number of hydrogen-bond donors (Lipinski definition) is 2. The van der Waals surface area contributed by atoms with E-state index in [1.165, 1.54) is 38.5 Å². The molecule has 9 heteroatoms. The third-order valence-corrected chi connectivity index (χ3v) is 7.88. The van der Waals surface area contributed by atoms with Gasteiger partial charge in [0.1, 0.15) is 5.75 Å². The molecule has 0 heterocycles. The first-order valence-corrected chi connectivity index (χ1v) is 17.0. The lowest BCUT2D eigenvalue weighted by Gasteiger charge is -2.34. The van der Waals surface area contributed by atoms with Gasteiger partial charge in [-0.1, -0.05) is 83.8 Å². The van der Waals surface area contributed by atoms with Gasteiger partial charge in [0.2, 0.25) is 5.91 Å². The van der Waals surface area contributed by atoms with Crippen LogP contribution >= 0.6 is 7.60 Å². The molecule has 232 valence electrons. The minimum absolute atomic E-state index is 0.165. The molecule has 0 aliphatic rings. The minimum Gasteiger partial charge on any atom is -0.811 e. The van der Waals surface area contributed by atoms with Crippen molar-refractivity contribution in [2.75, 3.05) is 11.9 Å². The molecule has 0 aliphatic heterocycles. The zero-order valence-electron chi connectivity index (χ0n) is 24.9. The van der Waals surface area contributed by atoms with E-state index in [0.29, 0.717) is 29.0 Å². The quantitative estimate of drug-likeness (QED) is 0.0443. The molecule has 1 atom stereocenters. The molecule has 42 heavy (non-hydrogen) atoms. The summed E-state index contributed by atoms with van der Waals surface area (Å²) in [5.74, 6) is -0.482. The molecule has 0 bridgehead atoms. The van der Waals surface area contributed by atoms with Crippen molar-refractivity contribution in [2.45, 2.75) is 103 Å². The largest absolute Gasteiger partial charge is 0.811 e. The Hall–Kier alpha value is -2.93. The monoisotopic (exact) mass is 598 g/mol. The van der Waals surface area contributed by atoms with Crippen molar-refractivity contribution in [2.24, 2.45) is 0 Å². The molecule has 8 nitrogen and oxygen atoms in total. The Kier molecular flexibility index (Phi) is 16.8. The van der Waals surface area contributed by atoms with Crippen LogP contribution in [0.4, 0.5) is 5.69 Å². The van der Waals surface area contributed by atoms with Gasteiger partial charge in [0.25, 0.3) is 0 Å². The average Bonchev–Trinajstić information content (AvgIpc) is 2.93. The highest BCUT2D eigenvalue weighted by molar-refractivity contribution is 7.48. The third-order valence-electron chi connectivity index (χ3n) is 6.99. The number of hydrogen-bond acceptors (Lipinski definition) is 7. The molecular weight excluding hydrogens is 551 g/mol. The van der Waals surface area contributed by atoms with Crippen LogP contribution in [-0.4, -0.2) is 24.1 Å². The molecule has 2 aromatic carbocycles. The SMILES string of the molecule is CCCCCCC/C=C\CCCCCCCC(=O)N[C@@H](Cc1ccc(OC(=O)c2ccc(N)cc2)cc1)CP(=O)([O-])[O-]. The average molecular weight is 599 g/mol. The molecule has 0 fully saturated rings. The summed E-state index contributed by atoms with van der Waals surface area (Å²) in [6.07, 6.45) is 18.1.